The zero-order chi connectivity index (χ0) is 14.4. The summed E-state index contributed by atoms with van der Waals surface area (Å²) in [4.78, 5) is 0. The summed E-state index contributed by atoms with van der Waals surface area (Å²) in [5.41, 5.74) is 0.929. The first kappa shape index (κ1) is 14.4. The van der Waals surface area contributed by atoms with Crippen molar-refractivity contribution in [2.75, 3.05) is 7.11 Å². The predicted molar refractivity (Wildman–Crippen MR) is 82.9 cm³/mol. The highest BCUT2D eigenvalue weighted by atomic mass is 16.5. The first-order valence-electron chi connectivity index (χ1n) is 7.00. The molecule has 1 unspecified atom stereocenters. The minimum absolute atomic E-state index is 0.526. The Morgan fingerprint density at radius 3 is 2.65 bits per heavy atom. The molecule has 2 aromatic rings. The van der Waals surface area contributed by atoms with Crippen LogP contribution in [-0.4, -0.2) is 18.3 Å². The second-order valence-corrected chi connectivity index (χ2v) is 4.86. The molecule has 20 heavy (non-hydrogen) atoms. The Kier molecular flexibility index (Phi) is 5.03. The average Bonchev–Trinajstić information content (AvgIpc) is 2.50. The van der Waals surface area contributed by atoms with E-state index in [9.17, 15) is 5.11 Å². The van der Waals surface area contributed by atoms with E-state index in [1.807, 2.05) is 36.4 Å². The highest BCUT2D eigenvalue weighted by molar-refractivity contribution is 5.85. The summed E-state index contributed by atoms with van der Waals surface area (Å²) in [6.45, 7) is 2.11. The molecule has 0 aliphatic heterocycles. The van der Waals surface area contributed by atoms with Crippen LogP contribution in [0.5, 0.6) is 5.75 Å². The van der Waals surface area contributed by atoms with Gasteiger partial charge in [-0.3, -0.25) is 0 Å². The molecule has 1 N–H and O–H groups in total. The molecule has 0 fully saturated rings. The van der Waals surface area contributed by atoms with Crippen LogP contribution in [0.25, 0.3) is 10.8 Å². The lowest BCUT2D eigenvalue weighted by Gasteiger charge is -2.03. The number of methoxy groups -OCH3 is 1. The van der Waals surface area contributed by atoms with Gasteiger partial charge in [-0.2, -0.15) is 0 Å². The lowest BCUT2D eigenvalue weighted by atomic mass is 10.1. The van der Waals surface area contributed by atoms with Crippen LogP contribution in [0.2, 0.25) is 0 Å². The van der Waals surface area contributed by atoms with Gasteiger partial charge in [0.05, 0.1) is 7.11 Å². The van der Waals surface area contributed by atoms with Crippen molar-refractivity contribution >= 4 is 10.8 Å². The molecule has 2 heteroatoms. The fraction of sp³-hybridized carbons (Fsp3) is 0.333. The number of hydrogen-bond acceptors (Lipinski definition) is 2. The summed E-state index contributed by atoms with van der Waals surface area (Å²) in [5, 5.41) is 12.0. The number of unbranched alkanes of at least 4 members (excludes halogenated alkanes) is 1. The van der Waals surface area contributed by atoms with Crippen molar-refractivity contribution in [2.45, 2.75) is 32.3 Å². The number of fused-ring (bicyclic) bond motifs is 1. The summed E-state index contributed by atoms with van der Waals surface area (Å²) in [5.74, 6) is 6.80. The zero-order valence-corrected chi connectivity index (χ0v) is 12.0. The first-order chi connectivity index (χ1) is 9.72. The van der Waals surface area contributed by atoms with Gasteiger partial charge in [-0.1, -0.05) is 43.7 Å². The van der Waals surface area contributed by atoms with Gasteiger partial charge in [-0.25, -0.2) is 0 Å². The Labute approximate surface area is 120 Å². The van der Waals surface area contributed by atoms with Gasteiger partial charge < -0.3 is 9.84 Å². The molecule has 1 atom stereocenters. The Bertz CT molecular complexity index is 635. The summed E-state index contributed by atoms with van der Waals surface area (Å²) in [7, 11) is 1.67. The van der Waals surface area contributed by atoms with Crippen LogP contribution in [0.15, 0.2) is 36.4 Å². The van der Waals surface area contributed by atoms with Crippen LogP contribution >= 0.6 is 0 Å². The lowest BCUT2D eigenvalue weighted by Crippen LogP contribution is -2.01. The van der Waals surface area contributed by atoms with Crippen LogP contribution in [-0.2, 0) is 0 Å². The highest BCUT2D eigenvalue weighted by Crippen LogP contribution is 2.21. The smallest absolute Gasteiger partial charge is 0.119 e. The summed E-state index contributed by atoms with van der Waals surface area (Å²) in [6, 6.07) is 12.0. The van der Waals surface area contributed by atoms with Gasteiger partial charge in [0.2, 0.25) is 0 Å². The molecule has 2 aromatic carbocycles. The van der Waals surface area contributed by atoms with Gasteiger partial charge in [0.15, 0.2) is 0 Å². The zero-order valence-electron chi connectivity index (χ0n) is 12.0. The van der Waals surface area contributed by atoms with E-state index in [0.29, 0.717) is 0 Å². The number of ether oxygens (including phenoxy) is 1. The maximum Gasteiger partial charge on any atom is 0.119 e. The molecule has 0 amide bonds. The second-order valence-electron chi connectivity index (χ2n) is 4.86. The van der Waals surface area contributed by atoms with Crippen molar-refractivity contribution < 1.29 is 9.84 Å². The fourth-order valence-corrected chi connectivity index (χ4v) is 2.06. The van der Waals surface area contributed by atoms with E-state index in [-0.39, 0.29) is 0 Å². The molecule has 104 valence electrons. The maximum absolute atomic E-state index is 9.73. The van der Waals surface area contributed by atoms with Crippen molar-refractivity contribution in [2.24, 2.45) is 0 Å². The van der Waals surface area contributed by atoms with E-state index in [1.165, 1.54) is 0 Å². The number of aliphatic hydroxyl groups excluding tert-OH is 1. The molecule has 2 nitrogen and oxygen atoms in total. The maximum atomic E-state index is 9.73. The molecule has 0 aliphatic rings. The number of benzene rings is 2. The van der Waals surface area contributed by atoms with Crippen LogP contribution in [0.3, 0.4) is 0 Å². The van der Waals surface area contributed by atoms with E-state index in [0.717, 1.165) is 41.3 Å². The molecule has 2 rings (SSSR count). The van der Waals surface area contributed by atoms with Crippen LogP contribution in [0.4, 0.5) is 0 Å². The second kappa shape index (κ2) is 6.98. The van der Waals surface area contributed by atoms with Crippen molar-refractivity contribution in [3.63, 3.8) is 0 Å². The first-order valence-corrected chi connectivity index (χ1v) is 7.00. The minimum Gasteiger partial charge on any atom is -0.497 e. The van der Waals surface area contributed by atoms with E-state index < -0.39 is 6.10 Å². The van der Waals surface area contributed by atoms with E-state index in [4.69, 9.17) is 4.74 Å². The third-order valence-corrected chi connectivity index (χ3v) is 3.26. The van der Waals surface area contributed by atoms with Crippen molar-refractivity contribution in [3.8, 4) is 17.6 Å². The van der Waals surface area contributed by atoms with Crippen molar-refractivity contribution in [1.82, 2.24) is 0 Å². The third kappa shape index (κ3) is 3.76. The SMILES string of the molecule is CCCCC(O)C#Cc1ccc2cc(OC)ccc2c1. The average molecular weight is 268 g/mol. The van der Waals surface area contributed by atoms with Gasteiger partial charge in [-0.15, -0.1) is 0 Å². The van der Waals surface area contributed by atoms with E-state index in [2.05, 4.69) is 18.8 Å². The summed E-state index contributed by atoms with van der Waals surface area (Å²) >= 11 is 0. The fourth-order valence-electron chi connectivity index (χ4n) is 2.06. The van der Waals surface area contributed by atoms with Gasteiger partial charge in [-0.05, 0) is 41.5 Å². The van der Waals surface area contributed by atoms with Crippen LogP contribution in [0, 0.1) is 11.8 Å². The van der Waals surface area contributed by atoms with Crippen LogP contribution in [0.1, 0.15) is 31.7 Å². The molecule has 0 spiro atoms. The normalized spacial score (nSPS) is 11.8. The standard InChI is InChI=1S/C18H20O2/c1-3-4-5-17(19)10-7-14-6-8-16-13-18(20-2)11-9-15(16)12-14/h6,8-9,11-13,17,19H,3-5H2,1-2H3. The van der Waals surface area contributed by atoms with Gasteiger partial charge in [0.25, 0.3) is 0 Å². The molecule has 0 saturated heterocycles. The molecule has 0 saturated carbocycles. The molecule has 0 heterocycles. The van der Waals surface area contributed by atoms with Crippen LogP contribution < -0.4 is 4.74 Å². The molecule has 0 aliphatic carbocycles. The molecular weight excluding hydrogens is 248 g/mol. The monoisotopic (exact) mass is 268 g/mol. The number of hydrogen-bond donors (Lipinski definition) is 1. The Balaban J connectivity index is 2.18. The molecule has 0 radical (unpaired) electrons. The predicted octanol–water partition coefficient (Wildman–Crippen LogP) is 3.75. The molecule has 0 aromatic heterocycles. The minimum atomic E-state index is -0.526. The van der Waals surface area contributed by atoms with Gasteiger partial charge in [0.1, 0.15) is 11.9 Å². The highest BCUT2D eigenvalue weighted by Gasteiger charge is 1.99. The topological polar surface area (TPSA) is 29.5 Å². The Morgan fingerprint density at radius 1 is 1.15 bits per heavy atom. The van der Waals surface area contributed by atoms with Gasteiger partial charge in [0, 0.05) is 5.56 Å². The Morgan fingerprint density at radius 2 is 1.90 bits per heavy atom. The van der Waals surface area contributed by atoms with E-state index in [1.54, 1.807) is 7.11 Å². The molecular formula is C18H20O2. The quantitative estimate of drug-likeness (QED) is 0.856. The van der Waals surface area contributed by atoms with E-state index >= 15 is 0 Å². The number of rotatable bonds is 4. The molecule has 0 bridgehead atoms. The van der Waals surface area contributed by atoms with Crippen molar-refractivity contribution in [1.29, 1.82) is 0 Å². The largest absolute Gasteiger partial charge is 0.497 e. The summed E-state index contributed by atoms with van der Waals surface area (Å²) in [6.07, 6.45) is 2.31. The van der Waals surface area contributed by atoms with Gasteiger partial charge >= 0.3 is 0 Å². The third-order valence-electron chi connectivity index (χ3n) is 3.26. The summed E-state index contributed by atoms with van der Waals surface area (Å²) < 4.78 is 5.21. The van der Waals surface area contributed by atoms with Crippen molar-refractivity contribution in [3.05, 3.63) is 42.0 Å². The Hall–Kier alpha value is -1.98. The number of aliphatic hydroxyl groups is 1. The lowest BCUT2D eigenvalue weighted by molar-refractivity contribution is 0.218.